The average molecular weight is 437 g/mol. The van der Waals surface area contributed by atoms with Crippen molar-refractivity contribution >= 4 is 28.3 Å². The lowest BCUT2D eigenvalue weighted by Gasteiger charge is -2.19. The summed E-state index contributed by atoms with van der Waals surface area (Å²) in [4.78, 5) is 21.0. The van der Waals surface area contributed by atoms with Crippen LogP contribution in [0.25, 0.3) is 21.6 Å². The Morgan fingerprint density at radius 1 is 1.16 bits per heavy atom. The van der Waals surface area contributed by atoms with Gasteiger partial charge in [0.1, 0.15) is 0 Å². The van der Waals surface area contributed by atoms with E-state index in [-0.39, 0.29) is 5.91 Å². The average Bonchev–Trinajstić information content (AvgIpc) is 3.47. The monoisotopic (exact) mass is 436 g/mol. The first kappa shape index (κ1) is 20.9. The summed E-state index contributed by atoms with van der Waals surface area (Å²) in [7, 11) is 4.99. The Bertz CT molecular complexity index is 1220. The predicted octanol–water partition coefficient (Wildman–Crippen LogP) is 4.47. The summed E-state index contributed by atoms with van der Waals surface area (Å²) in [6.07, 6.45) is 1.72. The van der Waals surface area contributed by atoms with Gasteiger partial charge in [0.15, 0.2) is 17.1 Å². The van der Waals surface area contributed by atoms with E-state index >= 15 is 0 Å². The second kappa shape index (κ2) is 8.77. The molecule has 8 heteroatoms. The lowest BCUT2D eigenvalue weighted by atomic mass is 10.1. The molecule has 3 aromatic heterocycles. The molecule has 3 heterocycles. The molecule has 7 nitrogen and oxygen atoms in total. The molecule has 0 aliphatic heterocycles. The number of aromatic nitrogens is 3. The molecule has 0 fully saturated rings. The smallest absolute Gasteiger partial charge is 0.254 e. The first-order valence-corrected chi connectivity index (χ1v) is 10.8. The zero-order valence-corrected chi connectivity index (χ0v) is 18.8. The third-order valence-corrected chi connectivity index (χ3v) is 6.02. The van der Waals surface area contributed by atoms with E-state index in [4.69, 9.17) is 14.5 Å². The fraction of sp³-hybridized carbons (Fsp3) is 0.261. The summed E-state index contributed by atoms with van der Waals surface area (Å²) in [5, 5.41) is 7.18. The molecule has 0 N–H and O–H groups in total. The van der Waals surface area contributed by atoms with E-state index in [1.54, 1.807) is 43.7 Å². The molecule has 4 aromatic rings. The number of hydrogen-bond acceptors (Lipinski definition) is 6. The number of pyridine rings is 1. The normalized spacial score (nSPS) is 11.0. The number of amides is 1. The van der Waals surface area contributed by atoms with Crippen LogP contribution >= 0.6 is 11.3 Å². The number of nitrogens with zero attached hydrogens (tertiary/aromatic N) is 4. The Morgan fingerprint density at radius 3 is 2.65 bits per heavy atom. The van der Waals surface area contributed by atoms with Crippen molar-refractivity contribution in [3.63, 3.8) is 0 Å². The van der Waals surface area contributed by atoms with Crippen LogP contribution in [0.4, 0.5) is 0 Å². The molecule has 0 unspecified atom stereocenters. The minimum Gasteiger partial charge on any atom is -0.493 e. The highest BCUT2D eigenvalue weighted by Gasteiger charge is 2.21. The second-order valence-electron chi connectivity index (χ2n) is 7.08. The molecule has 0 aliphatic carbocycles. The van der Waals surface area contributed by atoms with Crippen molar-refractivity contribution in [2.24, 2.45) is 0 Å². The van der Waals surface area contributed by atoms with Gasteiger partial charge in [0, 0.05) is 20.1 Å². The first-order valence-electron chi connectivity index (χ1n) is 9.92. The maximum atomic E-state index is 13.5. The Labute approximate surface area is 184 Å². The van der Waals surface area contributed by atoms with E-state index < -0.39 is 0 Å². The molecule has 0 aliphatic rings. The highest BCUT2D eigenvalue weighted by molar-refractivity contribution is 7.13. The highest BCUT2D eigenvalue weighted by atomic mass is 32.1. The van der Waals surface area contributed by atoms with Gasteiger partial charge in [0.05, 0.1) is 41.9 Å². The van der Waals surface area contributed by atoms with Crippen molar-refractivity contribution in [1.29, 1.82) is 0 Å². The molecule has 31 heavy (non-hydrogen) atoms. The van der Waals surface area contributed by atoms with Crippen LogP contribution in [0, 0.1) is 0 Å². The number of hydrogen-bond donors (Lipinski definition) is 0. The standard InChI is InChI=1S/C23H24N4O3S/c1-5-27-22-17(13-24-27)16(12-18(25-22)21-7-6-10-31-21)23(28)26(2)14-15-8-9-19(29-3)20(11-15)30-4/h6-13H,5,14H2,1-4H3. The molecule has 4 rings (SSSR count). The number of ether oxygens (including phenoxy) is 2. The SMILES string of the molecule is CCn1ncc2c(C(=O)N(C)Cc3ccc(OC)c(OC)c3)cc(-c3cccs3)nc21. The van der Waals surface area contributed by atoms with Crippen LogP contribution in [-0.2, 0) is 13.1 Å². The minimum atomic E-state index is -0.0874. The van der Waals surface area contributed by atoms with E-state index in [0.717, 1.165) is 27.2 Å². The van der Waals surface area contributed by atoms with Crippen molar-refractivity contribution in [3.8, 4) is 22.1 Å². The van der Waals surface area contributed by atoms with Crippen LogP contribution in [-0.4, -0.2) is 46.8 Å². The Morgan fingerprint density at radius 2 is 1.97 bits per heavy atom. The maximum absolute atomic E-state index is 13.5. The van der Waals surface area contributed by atoms with Crippen molar-refractivity contribution in [1.82, 2.24) is 19.7 Å². The van der Waals surface area contributed by atoms with Gasteiger partial charge in [-0.25, -0.2) is 9.67 Å². The molecule has 1 amide bonds. The van der Waals surface area contributed by atoms with E-state index in [0.29, 0.717) is 30.2 Å². The van der Waals surface area contributed by atoms with Gasteiger partial charge in [0.25, 0.3) is 5.91 Å². The quantitative estimate of drug-likeness (QED) is 0.428. The van der Waals surface area contributed by atoms with Gasteiger partial charge in [-0.05, 0) is 42.1 Å². The number of thiophene rings is 1. The fourth-order valence-electron chi connectivity index (χ4n) is 3.54. The van der Waals surface area contributed by atoms with Crippen molar-refractivity contribution in [3.05, 3.63) is 59.1 Å². The summed E-state index contributed by atoms with van der Waals surface area (Å²) >= 11 is 1.60. The zero-order chi connectivity index (χ0) is 22.0. The first-order chi connectivity index (χ1) is 15.0. The molecule has 0 saturated heterocycles. The molecular formula is C23H24N4O3S. The summed E-state index contributed by atoms with van der Waals surface area (Å²) in [6.45, 7) is 3.12. The molecule has 0 spiro atoms. The van der Waals surface area contributed by atoms with Crippen LogP contribution < -0.4 is 9.47 Å². The van der Waals surface area contributed by atoms with Crippen LogP contribution in [0.15, 0.2) is 48.0 Å². The van der Waals surface area contributed by atoms with Gasteiger partial charge >= 0.3 is 0 Å². The predicted molar refractivity (Wildman–Crippen MR) is 122 cm³/mol. The van der Waals surface area contributed by atoms with Gasteiger partial charge in [0.2, 0.25) is 0 Å². The maximum Gasteiger partial charge on any atom is 0.254 e. The van der Waals surface area contributed by atoms with Crippen LogP contribution in [0.3, 0.4) is 0 Å². The summed E-state index contributed by atoms with van der Waals surface area (Å²) in [5.74, 6) is 1.20. The Balaban J connectivity index is 1.70. The van der Waals surface area contributed by atoms with E-state index in [9.17, 15) is 4.79 Å². The largest absolute Gasteiger partial charge is 0.493 e. The molecule has 0 saturated carbocycles. The fourth-order valence-corrected chi connectivity index (χ4v) is 4.22. The number of methoxy groups -OCH3 is 2. The molecular weight excluding hydrogens is 412 g/mol. The highest BCUT2D eigenvalue weighted by Crippen LogP contribution is 2.30. The van der Waals surface area contributed by atoms with Gasteiger partial charge in [-0.15, -0.1) is 11.3 Å². The van der Waals surface area contributed by atoms with Crippen molar-refractivity contribution < 1.29 is 14.3 Å². The minimum absolute atomic E-state index is 0.0874. The van der Waals surface area contributed by atoms with Crippen LogP contribution in [0.2, 0.25) is 0 Å². The van der Waals surface area contributed by atoms with Gasteiger partial charge in [-0.2, -0.15) is 5.10 Å². The third kappa shape index (κ3) is 3.98. The summed E-state index contributed by atoms with van der Waals surface area (Å²) < 4.78 is 12.5. The van der Waals surface area contributed by atoms with E-state index in [1.807, 2.05) is 53.4 Å². The number of aryl methyl sites for hydroxylation is 1. The molecule has 0 radical (unpaired) electrons. The van der Waals surface area contributed by atoms with Crippen molar-refractivity contribution in [2.75, 3.05) is 21.3 Å². The molecule has 160 valence electrons. The van der Waals surface area contributed by atoms with E-state index in [1.165, 1.54) is 0 Å². The third-order valence-electron chi connectivity index (χ3n) is 5.13. The van der Waals surface area contributed by atoms with Crippen LogP contribution in [0.1, 0.15) is 22.8 Å². The summed E-state index contributed by atoms with van der Waals surface area (Å²) in [5.41, 5.74) is 3.04. The number of fused-ring (bicyclic) bond motifs is 1. The Kier molecular flexibility index (Phi) is 5.90. The van der Waals surface area contributed by atoms with Crippen LogP contribution in [0.5, 0.6) is 11.5 Å². The number of rotatable bonds is 7. The Hall–Kier alpha value is -3.39. The van der Waals surface area contributed by atoms with Gasteiger partial charge in [-0.3, -0.25) is 4.79 Å². The molecule has 0 bridgehead atoms. The number of carbonyl (C=O) groups is 1. The number of benzene rings is 1. The topological polar surface area (TPSA) is 69.5 Å². The second-order valence-corrected chi connectivity index (χ2v) is 8.03. The lowest BCUT2D eigenvalue weighted by molar-refractivity contribution is 0.0787. The number of carbonyl (C=O) groups excluding carboxylic acids is 1. The van der Waals surface area contributed by atoms with E-state index in [2.05, 4.69) is 5.10 Å². The van der Waals surface area contributed by atoms with Crippen molar-refractivity contribution in [2.45, 2.75) is 20.0 Å². The lowest BCUT2D eigenvalue weighted by Crippen LogP contribution is -2.26. The molecule has 1 aromatic carbocycles. The van der Waals surface area contributed by atoms with Gasteiger partial charge < -0.3 is 14.4 Å². The zero-order valence-electron chi connectivity index (χ0n) is 18.0. The summed E-state index contributed by atoms with van der Waals surface area (Å²) in [6, 6.07) is 11.5. The van der Waals surface area contributed by atoms with Gasteiger partial charge in [-0.1, -0.05) is 12.1 Å². The molecule has 0 atom stereocenters.